The summed E-state index contributed by atoms with van der Waals surface area (Å²) in [5.41, 5.74) is 5.22. The van der Waals surface area contributed by atoms with E-state index in [-0.39, 0.29) is 0 Å². The van der Waals surface area contributed by atoms with Crippen LogP contribution < -0.4 is 10.6 Å². The van der Waals surface area contributed by atoms with Crippen LogP contribution in [0.2, 0.25) is 0 Å². The van der Waals surface area contributed by atoms with Gasteiger partial charge in [-0.05, 0) is 50.3 Å². The van der Waals surface area contributed by atoms with Gasteiger partial charge in [0.25, 0.3) is 0 Å². The molecule has 1 aromatic heterocycles. The maximum atomic E-state index is 4.59. The van der Waals surface area contributed by atoms with Crippen LogP contribution in [0.1, 0.15) is 43.5 Å². The van der Waals surface area contributed by atoms with E-state index in [4.69, 9.17) is 0 Å². The van der Waals surface area contributed by atoms with Crippen molar-refractivity contribution < 1.29 is 0 Å². The minimum atomic E-state index is 0.378. The first kappa shape index (κ1) is 13.4. The smallest absolute Gasteiger partial charge is 0.0602 e. The number of aryl methyl sites for hydroxylation is 1. The van der Waals surface area contributed by atoms with Crippen molar-refractivity contribution in [1.82, 2.24) is 15.6 Å². The zero-order chi connectivity index (χ0) is 13.9. The first-order valence-electron chi connectivity index (χ1n) is 7.54. The topological polar surface area (TPSA) is 37.0 Å². The molecule has 2 atom stereocenters. The Labute approximate surface area is 121 Å². The quantitative estimate of drug-likeness (QED) is 0.866. The van der Waals surface area contributed by atoms with Crippen molar-refractivity contribution in [2.45, 2.75) is 45.2 Å². The molecule has 3 nitrogen and oxygen atoms in total. The normalized spacial score (nSPS) is 26.5. The molecule has 106 valence electrons. The predicted molar refractivity (Wildman–Crippen MR) is 82.3 cm³/mol. The summed E-state index contributed by atoms with van der Waals surface area (Å²) in [5.74, 6) is 0. The molecule has 3 heterocycles. The lowest BCUT2D eigenvalue weighted by molar-refractivity contribution is 0.337. The minimum Gasteiger partial charge on any atom is -0.383 e. The largest absolute Gasteiger partial charge is 0.383 e. The van der Waals surface area contributed by atoms with Gasteiger partial charge in [-0.15, -0.1) is 0 Å². The molecule has 0 spiro atoms. The highest BCUT2D eigenvalue weighted by atomic mass is 15.0. The van der Waals surface area contributed by atoms with Crippen LogP contribution in [0.3, 0.4) is 0 Å². The van der Waals surface area contributed by atoms with E-state index in [1.165, 1.54) is 41.8 Å². The van der Waals surface area contributed by atoms with Crippen molar-refractivity contribution in [1.29, 1.82) is 0 Å². The third-order valence-corrected chi connectivity index (χ3v) is 4.32. The summed E-state index contributed by atoms with van der Waals surface area (Å²) in [6, 6.07) is 4.97. The fourth-order valence-electron chi connectivity index (χ4n) is 3.27. The van der Waals surface area contributed by atoms with Crippen LogP contribution in [-0.2, 0) is 0 Å². The second-order valence-corrected chi connectivity index (χ2v) is 5.79. The number of rotatable bonds is 2. The number of pyridine rings is 1. The Kier molecular flexibility index (Phi) is 3.88. The Morgan fingerprint density at radius 1 is 1.20 bits per heavy atom. The molecular formula is C17H23N3. The summed E-state index contributed by atoms with van der Waals surface area (Å²) in [4.78, 5) is 4.59. The van der Waals surface area contributed by atoms with E-state index >= 15 is 0 Å². The van der Waals surface area contributed by atoms with Gasteiger partial charge in [0.05, 0.1) is 11.7 Å². The van der Waals surface area contributed by atoms with Crippen LogP contribution in [0.5, 0.6) is 0 Å². The SMILES string of the molecule is CC1=C([C@H]2CCC[C@@H](c3ncccc3C)N2)NCC=C1. The summed E-state index contributed by atoms with van der Waals surface area (Å²) >= 11 is 0. The molecule has 2 aliphatic heterocycles. The molecule has 0 saturated carbocycles. The molecule has 1 fully saturated rings. The summed E-state index contributed by atoms with van der Waals surface area (Å²) in [7, 11) is 0. The number of nitrogens with one attached hydrogen (secondary N) is 2. The lowest BCUT2D eigenvalue weighted by atomic mass is 9.91. The molecule has 2 N–H and O–H groups in total. The zero-order valence-corrected chi connectivity index (χ0v) is 12.3. The Bertz CT molecular complexity index is 545. The zero-order valence-electron chi connectivity index (χ0n) is 12.3. The van der Waals surface area contributed by atoms with Gasteiger partial charge in [-0.2, -0.15) is 0 Å². The highest BCUT2D eigenvalue weighted by Gasteiger charge is 2.27. The van der Waals surface area contributed by atoms with Crippen LogP contribution >= 0.6 is 0 Å². The molecule has 3 rings (SSSR count). The summed E-state index contributed by atoms with van der Waals surface area (Å²) < 4.78 is 0. The van der Waals surface area contributed by atoms with Crippen molar-refractivity contribution in [3.63, 3.8) is 0 Å². The molecule has 0 unspecified atom stereocenters. The van der Waals surface area contributed by atoms with Gasteiger partial charge in [-0.1, -0.05) is 18.2 Å². The monoisotopic (exact) mass is 269 g/mol. The number of hydrogen-bond donors (Lipinski definition) is 2. The van der Waals surface area contributed by atoms with Gasteiger partial charge >= 0.3 is 0 Å². The van der Waals surface area contributed by atoms with Gasteiger partial charge in [-0.3, -0.25) is 4.98 Å². The third-order valence-electron chi connectivity index (χ3n) is 4.32. The second kappa shape index (κ2) is 5.80. The molecule has 0 aromatic carbocycles. The Morgan fingerprint density at radius 3 is 2.85 bits per heavy atom. The molecule has 0 aliphatic carbocycles. The number of nitrogens with zero attached hydrogens (tertiary/aromatic N) is 1. The van der Waals surface area contributed by atoms with Crippen molar-refractivity contribution in [3.8, 4) is 0 Å². The van der Waals surface area contributed by atoms with Crippen LogP contribution in [0.4, 0.5) is 0 Å². The third kappa shape index (κ3) is 2.63. The maximum absolute atomic E-state index is 4.59. The Balaban J connectivity index is 1.81. The fourth-order valence-corrected chi connectivity index (χ4v) is 3.27. The first-order valence-corrected chi connectivity index (χ1v) is 7.54. The van der Waals surface area contributed by atoms with Crippen LogP contribution in [0, 0.1) is 6.92 Å². The van der Waals surface area contributed by atoms with Crippen molar-refractivity contribution >= 4 is 0 Å². The predicted octanol–water partition coefficient (Wildman–Crippen LogP) is 3.01. The van der Waals surface area contributed by atoms with Gasteiger partial charge in [0.1, 0.15) is 0 Å². The van der Waals surface area contributed by atoms with E-state index < -0.39 is 0 Å². The van der Waals surface area contributed by atoms with Gasteiger partial charge in [0.15, 0.2) is 0 Å². The number of allylic oxidation sites excluding steroid dienone is 2. The Morgan fingerprint density at radius 2 is 2.05 bits per heavy atom. The summed E-state index contributed by atoms with van der Waals surface area (Å²) in [6.45, 7) is 5.28. The van der Waals surface area contributed by atoms with Crippen LogP contribution in [-0.4, -0.2) is 17.6 Å². The lowest BCUT2D eigenvalue weighted by Crippen LogP contribution is -2.43. The molecule has 20 heavy (non-hydrogen) atoms. The minimum absolute atomic E-state index is 0.378. The van der Waals surface area contributed by atoms with E-state index in [0.29, 0.717) is 12.1 Å². The van der Waals surface area contributed by atoms with E-state index in [2.05, 4.69) is 47.7 Å². The highest BCUT2D eigenvalue weighted by Crippen LogP contribution is 2.29. The van der Waals surface area contributed by atoms with Gasteiger partial charge in [0, 0.05) is 24.5 Å². The van der Waals surface area contributed by atoms with E-state index in [9.17, 15) is 0 Å². The van der Waals surface area contributed by atoms with Crippen molar-refractivity contribution in [2.75, 3.05) is 6.54 Å². The maximum Gasteiger partial charge on any atom is 0.0602 e. The van der Waals surface area contributed by atoms with Gasteiger partial charge < -0.3 is 10.6 Å². The van der Waals surface area contributed by atoms with E-state index in [1.54, 1.807) is 0 Å². The van der Waals surface area contributed by atoms with Crippen LogP contribution in [0.15, 0.2) is 41.8 Å². The molecular weight excluding hydrogens is 246 g/mol. The average molecular weight is 269 g/mol. The Hall–Kier alpha value is -1.61. The number of hydrogen-bond acceptors (Lipinski definition) is 3. The van der Waals surface area contributed by atoms with Gasteiger partial charge in [0.2, 0.25) is 0 Å². The molecule has 0 radical (unpaired) electrons. The van der Waals surface area contributed by atoms with Crippen LogP contribution in [0.25, 0.3) is 0 Å². The molecule has 3 heteroatoms. The molecule has 0 bridgehead atoms. The fraction of sp³-hybridized carbons (Fsp3) is 0.471. The number of aromatic nitrogens is 1. The highest BCUT2D eigenvalue weighted by molar-refractivity contribution is 5.31. The second-order valence-electron chi connectivity index (χ2n) is 5.79. The van der Waals surface area contributed by atoms with Crippen molar-refractivity contribution in [2.24, 2.45) is 0 Å². The standard InChI is InChI=1S/C17H23N3/c1-12-6-4-10-18-16(12)14-8-3-9-15(20-14)17-13(2)7-5-11-19-17/h4-7,10,14-15,19-20H,3,8-9,11H2,1-2H3/t14-,15+/m0/s1. The first-order chi connectivity index (χ1) is 9.75. The molecule has 1 saturated heterocycles. The molecule has 2 aliphatic rings. The summed E-state index contributed by atoms with van der Waals surface area (Å²) in [6.07, 6.45) is 9.94. The van der Waals surface area contributed by atoms with E-state index in [0.717, 1.165) is 6.54 Å². The lowest BCUT2D eigenvalue weighted by Gasteiger charge is -2.34. The average Bonchev–Trinajstić information content (AvgIpc) is 2.48. The molecule has 0 amide bonds. The van der Waals surface area contributed by atoms with E-state index in [1.807, 2.05) is 12.3 Å². The molecule has 1 aromatic rings. The van der Waals surface area contributed by atoms with Gasteiger partial charge in [-0.25, -0.2) is 0 Å². The number of piperidine rings is 1. The number of dihydropyridines is 1. The van der Waals surface area contributed by atoms with Crippen molar-refractivity contribution in [3.05, 3.63) is 53.0 Å². The summed E-state index contributed by atoms with van der Waals surface area (Å²) in [5, 5.41) is 7.33.